The Balaban J connectivity index is 1.20. The third kappa shape index (κ3) is 3.67. The molecule has 1 N–H and O–H groups in total. The van der Waals surface area contributed by atoms with Gasteiger partial charge in [0.15, 0.2) is 5.79 Å². The number of likely N-dealkylation sites (tertiary alicyclic amines) is 1. The van der Waals surface area contributed by atoms with E-state index in [2.05, 4.69) is 29.6 Å². The molecule has 0 aromatic heterocycles. The highest BCUT2D eigenvalue weighted by Crippen LogP contribution is 2.46. The Morgan fingerprint density at radius 2 is 1.88 bits per heavy atom. The van der Waals surface area contributed by atoms with Crippen LogP contribution in [-0.4, -0.2) is 49.6 Å². The van der Waals surface area contributed by atoms with E-state index in [-0.39, 0.29) is 6.03 Å². The fraction of sp³-hybridized carbons (Fsp3) is 0.650. The molecule has 5 heteroatoms. The van der Waals surface area contributed by atoms with Crippen molar-refractivity contribution in [3.8, 4) is 0 Å². The van der Waals surface area contributed by atoms with E-state index in [0.717, 1.165) is 32.5 Å². The number of rotatable bonds is 4. The van der Waals surface area contributed by atoms with E-state index < -0.39 is 5.79 Å². The van der Waals surface area contributed by atoms with Crippen LogP contribution in [0.4, 0.5) is 4.79 Å². The average Bonchev–Trinajstić information content (AvgIpc) is 3.31. The smallest absolute Gasteiger partial charge is 0.317 e. The van der Waals surface area contributed by atoms with Gasteiger partial charge in [-0.15, -0.1) is 0 Å². The first kappa shape index (κ1) is 16.9. The molecule has 2 aliphatic heterocycles. The van der Waals surface area contributed by atoms with E-state index >= 15 is 0 Å². The van der Waals surface area contributed by atoms with Crippen molar-refractivity contribution in [1.82, 2.24) is 10.2 Å². The average molecular weight is 344 g/mol. The van der Waals surface area contributed by atoms with E-state index in [1.807, 2.05) is 17.9 Å². The van der Waals surface area contributed by atoms with Gasteiger partial charge in [-0.25, -0.2) is 4.79 Å². The highest BCUT2D eigenvalue weighted by atomic mass is 16.7. The minimum atomic E-state index is -0.445. The van der Waals surface area contributed by atoms with Gasteiger partial charge in [0.25, 0.3) is 0 Å². The zero-order chi connectivity index (χ0) is 17.3. The van der Waals surface area contributed by atoms with Gasteiger partial charge in [-0.05, 0) is 43.6 Å². The molecule has 25 heavy (non-hydrogen) atoms. The highest BCUT2D eigenvalue weighted by molar-refractivity contribution is 5.74. The number of amides is 2. The number of hydrogen-bond acceptors (Lipinski definition) is 3. The topological polar surface area (TPSA) is 50.8 Å². The maximum atomic E-state index is 12.4. The predicted octanol–water partition coefficient (Wildman–Crippen LogP) is 2.97. The second-order valence-electron chi connectivity index (χ2n) is 7.67. The van der Waals surface area contributed by atoms with Crippen molar-refractivity contribution in [3.63, 3.8) is 0 Å². The Hall–Kier alpha value is -1.59. The van der Waals surface area contributed by atoms with Crippen molar-refractivity contribution in [1.29, 1.82) is 0 Å². The van der Waals surface area contributed by atoms with Crippen LogP contribution in [-0.2, 0) is 9.47 Å². The van der Waals surface area contributed by atoms with Crippen molar-refractivity contribution < 1.29 is 14.3 Å². The number of carbonyl (C=O) groups excluding carboxylic acids is 1. The molecule has 0 radical (unpaired) electrons. The van der Waals surface area contributed by atoms with Gasteiger partial charge in [-0.2, -0.15) is 0 Å². The summed E-state index contributed by atoms with van der Waals surface area (Å²) < 4.78 is 11.6. The number of carbonyl (C=O) groups is 1. The van der Waals surface area contributed by atoms with Crippen molar-refractivity contribution in [2.45, 2.75) is 37.9 Å². The summed E-state index contributed by atoms with van der Waals surface area (Å²) in [5, 5.41) is 3.13. The second-order valence-corrected chi connectivity index (χ2v) is 7.67. The fourth-order valence-electron chi connectivity index (χ4n) is 4.28. The standard InChI is InChI=1S/C20H28N2O3/c1-20(24-11-12-25-20)17-7-9-22(10-8-17)19(23)21-14-16-13-18(16)15-5-3-2-4-6-15/h2-6,16-18H,7-14H2,1H3,(H,21,23)/t16-,18+/m1/s1. The predicted molar refractivity (Wildman–Crippen MR) is 95.3 cm³/mol. The van der Waals surface area contributed by atoms with Crippen molar-refractivity contribution in [2.75, 3.05) is 32.8 Å². The first-order valence-corrected chi connectivity index (χ1v) is 9.51. The highest BCUT2D eigenvalue weighted by Gasteiger charge is 2.42. The maximum absolute atomic E-state index is 12.4. The van der Waals surface area contributed by atoms with Gasteiger partial charge in [-0.3, -0.25) is 0 Å². The Morgan fingerprint density at radius 3 is 2.56 bits per heavy atom. The Kier molecular flexibility index (Phi) is 4.69. The quantitative estimate of drug-likeness (QED) is 0.913. The van der Waals surface area contributed by atoms with Gasteiger partial charge in [0.1, 0.15) is 0 Å². The lowest BCUT2D eigenvalue weighted by molar-refractivity contribution is -0.189. The van der Waals surface area contributed by atoms with Crippen LogP contribution >= 0.6 is 0 Å². The minimum Gasteiger partial charge on any atom is -0.348 e. The van der Waals surface area contributed by atoms with Gasteiger partial charge < -0.3 is 19.7 Å². The normalized spacial score (nSPS) is 28.8. The monoisotopic (exact) mass is 344 g/mol. The molecule has 1 aromatic carbocycles. The molecule has 2 amide bonds. The molecule has 0 spiro atoms. The van der Waals surface area contributed by atoms with Gasteiger partial charge in [-0.1, -0.05) is 30.3 Å². The lowest BCUT2D eigenvalue weighted by Gasteiger charge is -2.39. The van der Waals surface area contributed by atoms with Crippen LogP contribution in [0.1, 0.15) is 37.7 Å². The zero-order valence-electron chi connectivity index (χ0n) is 14.9. The number of piperidine rings is 1. The molecular weight excluding hydrogens is 316 g/mol. The number of hydrogen-bond donors (Lipinski definition) is 1. The van der Waals surface area contributed by atoms with Gasteiger partial charge in [0.2, 0.25) is 0 Å². The summed E-state index contributed by atoms with van der Waals surface area (Å²) in [6, 6.07) is 10.7. The summed E-state index contributed by atoms with van der Waals surface area (Å²) >= 11 is 0. The first-order valence-electron chi connectivity index (χ1n) is 9.51. The van der Waals surface area contributed by atoms with Gasteiger partial charge in [0.05, 0.1) is 13.2 Å². The number of nitrogens with one attached hydrogen (secondary N) is 1. The van der Waals surface area contributed by atoms with E-state index in [0.29, 0.717) is 31.0 Å². The van der Waals surface area contributed by atoms with Crippen LogP contribution in [0.5, 0.6) is 0 Å². The number of benzene rings is 1. The van der Waals surface area contributed by atoms with E-state index in [9.17, 15) is 4.79 Å². The molecule has 1 saturated carbocycles. The summed E-state index contributed by atoms with van der Waals surface area (Å²) in [7, 11) is 0. The Morgan fingerprint density at radius 1 is 1.20 bits per heavy atom. The van der Waals surface area contributed by atoms with Crippen molar-refractivity contribution >= 4 is 6.03 Å². The molecular formula is C20H28N2O3. The van der Waals surface area contributed by atoms with E-state index in [4.69, 9.17) is 9.47 Å². The first-order chi connectivity index (χ1) is 12.2. The third-order valence-corrected chi connectivity index (χ3v) is 6.05. The van der Waals surface area contributed by atoms with Crippen LogP contribution < -0.4 is 5.32 Å². The molecule has 2 atom stereocenters. The van der Waals surface area contributed by atoms with Crippen molar-refractivity contribution in [2.24, 2.45) is 11.8 Å². The lowest BCUT2D eigenvalue weighted by atomic mass is 9.89. The molecule has 4 rings (SSSR count). The van der Waals surface area contributed by atoms with Crippen LogP contribution in [0, 0.1) is 11.8 Å². The maximum Gasteiger partial charge on any atom is 0.317 e. The number of ether oxygens (including phenoxy) is 2. The SMILES string of the molecule is CC1(C2CCN(C(=O)NC[C@H]3C[C@H]3c3ccccc3)CC2)OCCO1. The summed E-state index contributed by atoms with van der Waals surface area (Å²) in [5.74, 6) is 1.14. The molecule has 2 saturated heterocycles. The van der Waals surface area contributed by atoms with Crippen LogP contribution in [0.25, 0.3) is 0 Å². The molecule has 3 fully saturated rings. The molecule has 2 heterocycles. The molecule has 136 valence electrons. The third-order valence-electron chi connectivity index (χ3n) is 6.05. The van der Waals surface area contributed by atoms with Gasteiger partial charge >= 0.3 is 6.03 Å². The molecule has 1 aliphatic carbocycles. The summed E-state index contributed by atoms with van der Waals surface area (Å²) in [5.41, 5.74) is 1.40. The largest absolute Gasteiger partial charge is 0.348 e. The van der Waals surface area contributed by atoms with Gasteiger partial charge in [0, 0.05) is 25.6 Å². The van der Waals surface area contributed by atoms with Crippen LogP contribution in [0.3, 0.4) is 0 Å². The van der Waals surface area contributed by atoms with E-state index in [1.165, 1.54) is 12.0 Å². The summed E-state index contributed by atoms with van der Waals surface area (Å²) in [6.07, 6.45) is 3.07. The van der Waals surface area contributed by atoms with Crippen molar-refractivity contribution in [3.05, 3.63) is 35.9 Å². The number of urea groups is 1. The number of nitrogens with zero attached hydrogens (tertiary/aromatic N) is 1. The van der Waals surface area contributed by atoms with E-state index in [1.54, 1.807) is 0 Å². The Bertz CT molecular complexity index is 592. The summed E-state index contributed by atoms with van der Waals surface area (Å²) in [6.45, 7) is 5.75. The molecule has 5 nitrogen and oxygen atoms in total. The molecule has 0 bridgehead atoms. The minimum absolute atomic E-state index is 0.0792. The lowest BCUT2D eigenvalue weighted by Crippen LogP contribution is -2.49. The summed E-state index contributed by atoms with van der Waals surface area (Å²) in [4.78, 5) is 14.4. The molecule has 1 aromatic rings. The fourth-order valence-corrected chi connectivity index (χ4v) is 4.28. The van der Waals surface area contributed by atoms with Crippen LogP contribution in [0.15, 0.2) is 30.3 Å². The van der Waals surface area contributed by atoms with Crippen LogP contribution in [0.2, 0.25) is 0 Å². The second kappa shape index (κ2) is 6.96. The zero-order valence-corrected chi connectivity index (χ0v) is 14.9. The Labute approximate surface area is 149 Å². The molecule has 0 unspecified atom stereocenters. The molecule has 3 aliphatic rings.